The van der Waals surface area contributed by atoms with Crippen LogP contribution in [0.2, 0.25) is 0 Å². The van der Waals surface area contributed by atoms with Crippen molar-refractivity contribution in [1.82, 2.24) is 5.32 Å². The minimum Gasteiger partial charge on any atom is -0.344 e. The summed E-state index contributed by atoms with van der Waals surface area (Å²) in [4.78, 5) is 23.7. The summed E-state index contributed by atoms with van der Waals surface area (Å²) in [6.07, 6.45) is -4.89. The molecule has 21 heavy (non-hydrogen) atoms. The molecular formula is C14H15F3N2O2. The van der Waals surface area contributed by atoms with E-state index in [0.29, 0.717) is 5.69 Å². The van der Waals surface area contributed by atoms with Gasteiger partial charge in [0.05, 0.1) is 0 Å². The summed E-state index contributed by atoms with van der Waals surface area (Å²) in [7, 11) is 0. The number of carbonyl (C=O) groups excluding carboxylic acids is 2. The summed E-state index contributed by atoms with van der Waals surface area (Å²) in [6, 6.07) is 5.12. The number of hydrogen-bond acceptors (Lipinski definition) is 2. The van der Waals surface area contributed by atoms with E-state index in [1.54, 1.807) is 31.2 Å². The first-order valence-corrected chi connectivity index (χ1v) is 6.52. The van der Waals surface area contributed by atoms with Crippen LogP contribution in [-0.4, -0.2) is 24.0 Å². The smallest absolute Gasteiger partial charge is 0.344 e. The number of piperidine rings is 1. The molecule has 114 valence electrons. The molecule has 1 aliphatic heterocycles. The predicted molar refractivity (Wildman–Crippen MR) is 70.5 cm³/mol. The lowest BCUT2D eigenvalue weighted by molar-refractivity contribution is -0.170. The molecule has 1 saturated heterocycles. The van der Waals surface area contributed by atoms with Crippen LogP contribution in [0.4, 0.5) is 18.9 Å². The highest BCUT2D eigenvalue weighted by molar-refractivity contribution is 6.07. The number of hydrogen-bond donors (Lipinski definition) is 2. The Kier molecular flexibility index (Phi) is 4.20. The van der Waals surface area contributed by atoms with Crippen LogP contribution in [0.15, 0.2) is 24.3 Å². The number of anilines is 1. The third-order valence-electron chi connectivity index (χ3n) is 3.49. The number of carbonyl (C=O) groups is 2. The van der Waals surface area contributed by atoms with E-state index in [-0.39, 0.29) is 12.8 Å². The molecule has 2 amide bonds. The number of aryl methyl sites for hydroxylation is 1. The quantitative estimate of drug-likeness (QED) is 0.824. The van der Waals surface area contributed by atoms with Crippen LogP contribution >= 0.6 is 0 Å². The average molecular weight is 300 g/mol. The fourth-order valence-corrected chi connectivity index (χ4v) is 2.24. The third kappa shape index (κ3) is 3.53. The molecular weight excluding hydrogens is 285 g/mol. The van der Waals surface area contributed by atoms with Gasteiger partial charge in [-0.25, -0.2) is 0 Å². The van der Waals surface area contributed by atoms with Gasteiger partial charge in [0, 0.05) is 5.69 Å². The van der Waals surface area contributed by atoms with Crippen LogP contribution < -0.4 is 10.6 Å². The van der Waals surface area contributed by atoms with Crippen molar-refractivity contribution in [2.75, 3.05) is 5.32 Å². The van der Waals surface area contributed by atoms with Gasteiger partial charge in [0.1, 0.15) is 12.0 Å². The van der Waals surface area contributed by atoms with Gasteiger partial charge in [0.25, 0.3) is 0 Å². The number of alkyl halides is 3. The van der Waals surface area contributed by atoms with E-state index in [2.05, 4.69) is 5.32 Å². The van der Waals surface area contributed by atoms with Gasteiger partial charge in [-0.05, 0) is 31.4 Å². The maximum atomic E-state index is 12.5. The zero-order valence-electron chi connectivity index (χ0n) is 11.3. The van der Waals surface area contributed by atoms with Crippen molar-refractivity contribution in [3.05, 3.63) is 29.8 Å². The van der Waals surface area contributed by atoms with Crippen LogP contribution in [0, 0.1) is 12.8 Å². The Morgan fingerprint density at radius 1 is 1.29 bits per heavy atom. The molecule has 4 nitrogen and oxygen atoms in total. The Hall–Kier alpha value is -2.05. The number of rotatable bonds is 2. The topological polar surface area (TPSA) is 58.2 Å². The number of amides is 2. The first-order valence-electron chi connectivity index (χ1n) is 6.52. The third-order valence-corrected chi connectivity index (χ3v) is 3.49. The molecule has 0 aliphatic carbocycles. The summed E-state index contributed by atoms with van der Waals surface area (Å²) in [5.74, 6) is -2.56. The molecule has 1 fully saturated rings. The van der Waals surface area contributed by atoms with E-state index in [1.807, 2.05) is 5.32 Å². The molecule has 0 bridgehead atoms. The minimum absolute atomic E-state index is 0.117. The Morgan fingerprint density at radius 3 is 2.52 bits per heavy atom. The van der Waals surface area contributed by atoms with Crippen molar-refractivity contribution in [1.29, 1.82) is 0 Å². The number of para-hydroxylation sites is 1. The monoisotopic (exact) mass is 300 g/mol. The van der Waals surface area contributed by atoms with Crippen LogP contribution in [0.3, 0.4) is 0 Å². The Labute approximate surface area is 119 Å². The van der Waals surface area contributed by atoms with Gasteiger partial charge in [0.15, 0.2) is 0 Å². The molecule has 0 aromatic heterocycles. The lowest BCUT2D eigenvalue weighted by Gasteiger charge is -2.29. The van der Waals surface area contributed by atoms with Gasteiger partial charge in [-0.2, -0.15) is 13.2 Å². The molecule has 2 rings (SSSR count). The summed E-state index contributed by atoms with van der Waals surface area (Å²) >= 11 is 0. The molecule has 0 radical (unpaired) electrons. The van der Waals surface area contributed by atoms with Crippen molar-refractivity contribution in [3.63, 3.8) is 0 Å². The molecule has 2 N–H and O–H groups in total. The molecule has 0 unspecified atom stereocenters. The molecule has 7 heteroatoms. The highest BCUT2D eigenvalue weighted by Gasteiger charge is 2.45. The SMILES string of the molecule is Cc1ccccc1NC(=O)[C@H]1CC[C@H](C(F)(F)F)NC1=O. The molecule has 1 aliphatic rings. The van der Waals surface area contributed by atoms with Gasteiger partial charge >= 0.3 is 6.18 Å². The first kappa shape index (κ1) is 15.3. The summed E-state index contributed by atoms with van der Waals surface area (Å²) in [5, 5.41) is 4.45. The predicted octanol–water partition coefficient (Wildman–Crippen LogP) is 2.39. The largest absolute Gasteiger partial charge is 0.408 e. The van der Waals surface area contributed by atoms with Crippen molar-refractivity contribution in [3.8, 4) is 0 Å². The van der Waals surface area contributed by atoms with Crippen LogP contribution in [0.1, 0.15) is 18.4 Å². The fraction of sp³-hybridized carbons (Fsp3) is 0.429. The van der Waals surface area contributed by atoms with E-state index in [0.717, 1.165) is 5.56 Å². The second-order valence-corrected chi connectivity index (χ2v) is 5.04. The van der Waals surface area contributed by atoms with Crippen molar-refractivity contribution in [2.45, 2.75) is 32.0 Å². The van der Waals surface area contributed by atoms with E-state index in [4.69, 9.17) is 0 Å². The Balaban J connectivity index is 2.02. The van der Waals surface area contributed by atoms with Gasteiger partial charge < -0.3 is 10.6 Å². The van der Waals surface area contributed by atoms with Crippen LogP contribution in [0.25, 0.3) is 0 Å². The van der Waals surface area contributed by atoms with E-state index >= 15 is 0 Å². The highest BCUT2D eigenvalue weighted by atomic mass is 19.4. The van der Waals surface area contributed by atoms with Gasteiger partial charge in [-0.3, -0.25) is 9.59 Å². The zero-order chi connectivity index (χ0) is 15.6. The second-order valence-electron chi connectivity index (χ2n) is 5.04. The highest BCUT2D eigenvalue weighted by Crippen LogP contribution is 2.29. The fourth-order valence-electron chi connectivity index (χ4n) is 2.24. The van der Waals surface area contributed by atoms with E-state index < -0.39 is 30.0 Å². The number of benzene rings is 1. The summed E-state index contributed by atoms with van der Waals surface area (Å²) in [6.45, 7) is 1.79. The normalized spacial score (nSPS) is 22.6. The molecule has 1 heterocycles. The van der Waals surface area contributed by atoms with Crippen molar-refractivity contribution >= 4 is 17.5 Å². The standard InChI is InChI=1S/C14H15F3N2O2/c1-8-4-2-3-5-10(8)18-12(20)9-6-7-11(14(15,16)17)19-13(9)21/h2-5,9,11H,6-7H2,1H3,(H,18,20)(H,19,21)/t9-,11-/m1/s1. The molecule has 0 saturated carbocycles. The van der Waals surface area contributed by atoms with Gasteiger partial charge in [-0.15, -0.1) is 0 Å². The molecule has 2 atom stereocenters. The maximum absolute atomic E-state index is 12.5. The maximum Gasteiger partial charge on any atom is 0.408 e. The van der Waals surface area contributed by atoms with E-state index in [9.17, 15) is 22.8 Å². The van der Waals surface area contributed by atoms with Gasteiger partial charge in [0.2, 0.25) is 11.8 Å². The summed E-state index contributed by atoms with van der Waals surface area (Å²) < 4.78 is 37.6. The molecule has 1 aromatic rings. The number of halogens is 3. The minimum atomic E-state index is -4.48. The first-order chi connectivity index (χ1) is 9.79. The lowest BCUT2D eigenvalue weighted by atomic mass is 9.92. The summed E-state index contributed by atoms with van der Waals surface area (Å²) in [5.41, 5.74) is 1.36. The Morgan fingerprint density at radius 2 is 1.95 bits per heavy atom. The Bertz CT molecular complexity index is 557. The zero-order valence-corrected chi connectivity index (χ0v) is 11.3. The van der Waals surface area contributed by atoms with Crippen molar-refractivity contribution < 1.29 is 22.8 Å². The van der Waals surface area contributed by atoms with Crippen molar-refractivity contribution in [2.24, 2.45) is 5.92 Å². The second kappa shape index (κ2) is 5.75. The molecule has 0 spiro atoms. The van der Waals surface area contributed by atoms with Gasteiger partial charge in [-0.1, -0.05) is 18.2 Å². The average Bonchev–Trinajstić information content (AvgIpc) is 2.40. The number of nitrogens with one attached hydrogen (secondary N) is 2. The lowest BCUT2D eigenvalue weighted by Crippen LogP contribution is -2.53. The molecule has 1 aromatic carbocycles. The van der Waals surface area contributed by atoms with Crippen LogP contribution in [0.5, 0.6) is 0 Å². The van der Waals surface area contributed by atoms with Crippen LogP contribution in [-0.2, 0) is 9.59 Å². The van der Waals surface area contributed by atoms with E-state index in [1.165, 1.54) is 0 Å².